The lowest BCUT2D eigenvalue weighted by atomic mass is 9.88. The van der Waals surface area contributed by atoms with Crippen LogP contribution in [0.5, 0.6) is 5.75 Å². The molecule has 1 N–H and O–H groups in total. The fourth-order valence-corrected chi connectivity index (χ4v) is 3.52. The molecule has 0 aliphatic carbocycles. The Balaban J connectivity index is 0.000000339. The summed E-state index contributed by atoms with van der Waals surface area (Å²) in [4.78, 5) is 27.2. The first kappa shape index (κ1) is 22.6. The molecule has 11 heteroatoms. The molecule has 0 bridgehead atoms. The molecule has 2 aliphatic rings. The predicted octanol–water partition coefficient (Wildman–Crippen LogP) is 3.15. The Morgan fingerprint density at radius 3 is 2.52 bits per heavy atom. The molecule has 31 heavy (non-hydrogen) atoms. The number of piperidine rings is 1. The molecule has 1 spiro atoms. The van der Waals surface area contributed by atoms with Gasteiger partial charge in [0.2, 0.25) is 0 Å². The van der Waals surface area contributed by atoms with E-state index in [-0.39, 0.29) is 17.6 Å². The molecule has 1 amide bonds. The molecule has 4 rings (SSSR count). The predicted molar refractivity (Wildman–Crippen MR) is 99.5 cm³/mol. The lowest BCUT2D eigenvalue weighted by molar-refractivity contribution is -0.192. The average molecular weight is 442 g/mol. The molecule has 0 radical (unpaired) electrons. The summed E-state index contributed by atoms with van der Waals surface area (Å²) in [5, 5.41) is 7.12. The van der Waals surface area contributed by atoms with Crippen molar-refractivity contribution in [3.05, 3.63) is 48.7 Å². The van der Waals surface area contributed by atoms with E-state index in [1.807, 2.05) is 17.0 Å². The van der Waals surface area contributed by atoms with Gasteiger partial charge in [0.25, 0.3) is 5.91 Å². The highest BCUT2D eigenvalue weighted by Gasteiger charge is 2.44. The lowest BCUT2D eigenvalue weighted by Gasteiger charge is -2.38. The van der Waals surface area contributed by atoms with Crippen molar-refractivity contribution in [3.8, 4) is 5.75 Å². The van der Waals surface area contributed by atoms with E-state index in [0.717, 1.165) is 25.0 Å². The summed E-state index contributed by atoms with van der Waals surface area (Å²) in [6.07, 6.45) is 3.96. The second-order valence-electron chi connectivity index (χ2n) is 7.23. The van der Waals surface area contributed by atoms with Gasteiger partial charge in [0.05, 0.1) is 30.2 Å². The molecule has 4 heterocycles. The van der Waals surface area contributed by atoms with E-state index in [0.29, 0.717) is 25.3 Å². The minimum Gasteiger partial charge on any atom is -0.486 e. The van der Waals surface area contributed by atoms with E-state index in [2.05, 4.69) is 4.98 Å². The number of hydrogen-bond acceptors (Lipinski definition) is 6. The number of nitrogens with zero attached hydrogens (tertiary/aromatic N) is 2. The number of halogens is 3. The summed E-state index contributed by atoms with van der Waals surface area (Å²) >= 11 is 0. The first-order chi connectivity index (χ1) is 14.7. The normalized spacial score (nSPS) is 20.1. The number of carboxylic acid groups (broad SMARTS) is 1. The van der Waals surface area contributed by atoms with Crippen LogP contribution < -0.4 is 4.74 Å². The number of aliphatic carboxylic acids is 1. The summed E-state index contributed by atoms with van der Waals surface area (Å²) in [5.74, 6) is -1.96. The molecule has 8 nitrogen and oxygen atoms in total. The van der Waals surface area contributed by atoms with Crippen molar-refractivity contribution in [1.29, 1.82) is 0 Å². The van der Waals surface area contributed by atoms with E-state index < -0.39 is 12.1 Å². The second kappa shape index (κ2) is 9.38. The van der Waals surface area contributed by atoms with Crippen LogP contribution in [-0.2, 0) is 9.53 Å². The minimum atomic E-state index is -5.08. The molecule has 2 aliphatic heterocycles. The molecule has 0 aromatic carbocycles. The van der Waals surface area contributed by atoms with Crippen LogP contribution in [-0.4, -0.2) is 64.4 Å². The number of carbonyl (C=O) groups excluding carboxylic acids is 1. The maximum atomic E-state index is 12.4. The number of carboxylic acids is 1. The van der Waals surface area contributed by atoms with Crippen LogP contribution in [0, 0.1) is 0 Å². The van der Waals surface area contributed by atoms with Crippen molar-refractivity contribution in [1.82, 2.24) is 9.88 Å². The molecule has 1 atom stereocenters. The maximum Gasteiger partial charge on any atom is 0.490 e. The van der Waals surface area contributed by atoms with Crippen LogP contribution in [0.25, 0.3) is 0 Å². The summed E-state index contributed by atoms with van der Waals surface area (Å²) in [7, 11) is 0. The average Bonchev–Trinajstić information content (AvgIpc) is 3.40. The molecule has 2 aromatic heterocycles. The Labute approximate surface area is 175 Å². The summed E-state index contributed by atoms with van der Waals surface area (Å²) in [6, 6.07) is 5.47. The van der Waals surface area contributed by atoms with Crippen LogP contribution in [0.1, 0.15) is 29.6 Å². The van der Waals surface area contributed by atoms with Gasteiger partial charge in [-0.1, -0.05) is 0 Å². The van der Waals surface area contributed by atoms with Crippen molar-refractivity contribution in [2.75, 3.05) is 19.7 Å². The van der Waals surface area contributed by atoms with Crippen LogP contribution in [0.3, 0.4) is 0 Å². The Hall–Kier alpha value is -3.08. The van der Waals surface area contributed by atoms with Crippen LogP contribution in [0.15, 0.2) is 47.5 Å². The van der Waals surface area contributed by atoms with E-state index in [1.165, 1.54) is 12.5 Å². The Morgan fingerprint density at radius 1 is 1.26 bits per heavy atom. The largest absolute Gasteiger partial charge is 0.490 e. The molecule has 2 aromatic rings. The van der Waals surface area contributed by atoms with Gasteiger partial charge in [0.15, 0.2) is 0 Å². The number of ether oxygens (including phenoxy) is 2. The molecule has 168 valence electrons. The SMILES string of the molecule is O=C(O)C(F)(F)F.O=C(c1ccoc1)N1CCC2(CC1)CC(Oc1cccnc1)CO2. The monoisotopic (exact) mass is 442 g/mol. The smallest absolute Gasteiger partial charge is 0.486 e. The second-order valence-corrected chi connectivity index (χ2v) is 7.23. The molecule has 0 saturated carbocycles. The van der Waals surface area contributed by atoms with Gasteiger partial charge in [-0.25, -0.2) is 4.79 Å². The number of furan rings is 1. The highest BCUT2D eigenvalue weighted by Crippen LogP contribution is 2.37. The molecular weight excluding hydrogens is 421 g/mol. The number of aromatic nitrogens is 1. The third-order valence-corrected chi connectivity index (χ3v) is 5.08. The van der Waals surface area contributed by atoms with Gasteiger partial charge in [-0.05, 0) is 31.0 Å². The molecule has 2 saturated heterocycles. The Kier molecular flexibility index (Phi) is 6.84. The maximum absolute atomic E-state index is 12.4. The van der Waals surface area contributed by atoms with Gasteiger partial charge in [0, 0.05) is 25.7 Å². The zero-order chi connectivity index (χ0) is 22.5. The number of amides is 1. The number of pyridine rings is 1. The Morgan fingerprint density at radius 2 is 1.97 bits per heavy atom. The summed E-state index contributed by atoms with van der Waals surface area (Å²) in [6.45, 7) is 1.98. The van der Waals surface area contributed by atoms with Crippen LogP contribution >= 0.6 is 0 Å². The number of carbonyl (C=O) groups is 2. The highest BCUT2D eigenvalue weighted by molar-refractivity contribution is 5.93. The molecular formula is C20H21F3N2O6. The topological polar surface area (TPSA) is 102 Å². The van der Waals surface area contributed by atoms with Gasteiger partial charge >= 0.3 is 12.1 Å². The van der Waals surface area contributed by atoms with Gasteiger partial charge < -0.3 is 23.9 Å². The van der Waals surface area contributed by atoms with Crippen LogP contribution in [0.4, 0.5) is 13.2 Å². The quantitative estimate of drug-likeness (QED) is 0.779. The summed E-state index contributed by atoms with van der Waals surface area (Å²) < 4.78 is 48.8. The van der Waals surface area contributed by atoms with Gasteiger partial charge in [-0.3, -0.25) is 9.78 Å². The van der Waals surface area contributed by atoms with Crippen molar-refractivity contribution < 1.29 is 41.8 Å². The zero-order valence-corrected chi connectivity index (χ0v) is 16.4. The number of rotatable bonds is 3. The van der Waals surface area contributed by atoms with Crippen molar-refractivity contribution in [2.24, 2.45) is 0 Å². The lowest BCUT2D eigenvalue weighted by Crippen LogP contribution is -2.46. The fraction of sp³-hybridized carbons (Fsp3) is 0.450. The van der Waals surface area contributed by atoms with E-state index in [9.17, 15) is 18.0 Å². The highest BCUT2D eigenvalue weighted by atomic mass is 19.4. The van der Waals surface area contributed by atoms with Gasteiger partial charge in [0.1, 0.15) is 18.1 Å². The van der Waals surface area contributed by atoms with Crippen molar-refractivity contribution >= 4 is 11.9 Å². The zero-order valence-electron chi connectivity index (χ0n) is 16.4. The van der Waals surface area contributed by atoms with E-state index >= 15 is 0 Å². The minimum absolute atomic E-state index is 0.0276. The van der Waals surface area contributed by atoms with Crippen molar-refractivity contribution in [3.63, 3.8) is 0 Å². The first-order valence-electron chi connectivity index (χ1n) is 9.51. The van der Waals surface area contributed by atoms with Crippen molar-refractivity contribution in [2.45, 2.75) is 37.1 Å². The van der Waals surface area contributed by atoms with E-state index in [1.54, 1.807) is 18.5 Å². The van der Waals surface area contributed by atoms with Crippen LogP contribution in [0.2, 0.25) is 0 Å². The number of alkyl halides is 3. The first-order valence-corrected chi connectivity index (χ1v) is 9.51. The van der Waals surface area contributed by atoms with E-state index in [4.69, 9.17) is 23.8 Å². The fourth-order valence-electron chi connectivity index (χ4n) is 3.52. The third kappa shape index (κ3) is 5.97. The number of hydrogen-bond donors (Lipinski definition) is 1. The molecule has 2 fully saturated rings. The molecule has 1 unspecified atom stereocenters. The Bertz CT molecular complexity index is 865. The standard InChI is InChI=1S/C18H20N2O4.C2HF3O2/c21-17(14-3-9-22-12-14)20-7-4-18(5-8-20)10-16(13-23-18)24-15-2-1-6-19-11-15;3-2(4,5)1(6)7/h1-3,6,9,11-12,16H,4-5,7-8,10,13H2;(H,6,7). The summed E-state index contributed by atoms with van der Waals surface area (Å²) in [5.41, 5.74) is 0.441. The van der Waals surface area contributed by atoms with Gasteiger partial charge in [-0.15, -0.1) is 0 Å². The van der Waals surface area contributed by atoms with Gasteiger partial charge in [-0.2, -0.15) is 13.2 Å². The number of likely N-dealkylation sites (tertiary alicyclic amines) is 1. The third-order valence-electron chi connectivity index (χ3n) is 5.08.